The quantitative estimate of drug-likeness (QED) is 0.599. The van der Waals surface area contributed by atoms with Gasteiger partial charge in [0.05, 0.1) is 13.7 Å². The van der Waals surface area contributed by atoms with E-state index in [4.69, 9.17) is 4.74 Å². The highest BCUT2D eigenvalue weighted by molar-refractivity contribution is 8.02. The van der Waals surface area contributed by atoms with Crippen molar-refractivity contribution in [2.45, 2.75) is 36.4 Å². The van der Waals surface area contributed by atoms with Crippen LogP contribution in [-0.4, -0.2) is 35.6 Å². The second-order valence-corrected chi connectivity index (χ2v) is 5.93. The van der Waals surface area contributed by atoms with Gasteiger partial charge in [0.25, 0.3) is 0 Å². The summed E-state index contributed by atoms with van der Waals surface area (Å²) in [6.07, 6.45) is 2.17. The first-order chi connectivity index (χ1) is 7.09. The van der Waals surface area contributed by atoms with Crippen molar-refractivity contribution in [3.63, 3.8) is 0 Å². The molecule has 0 spiro atoms. The van der Waals surface area contributed by atoms with Crippen LogP contribution in [0.4, 0.5) is 0 Å². The summed E-state index contributed by atoms with van der Waals surface area (Å²) >= 11 is 6.08. The van der Waals surface area contributed by atoms with Gasteiger partial charge in [0.2, 0.25) is 0 Å². The van der Waals surface area contributed by atoms with Crippen LogP contribution in [0.2, 0.25) is 0 Å². The van der Waals surface area contributed by atoms with Crippen LogP contribution in [0.1, 0.15) is 26.2 Å². The maximum Gasteiger partial charge on any atom is 0.305 e. The van der Waals surface area contributed by atoms with E-state index in [2.05, 4.69) is 24.3 Å². The number of carbonyl (C=O) groups is 1. The Morgan fingerprint density at radius 3 is 3.00 bits per heavy atom. The number of hydrogen-bond donors (Lipinski definition) is 1. The summed E-state index contributed by atoms with van der Waals surface area (Å²) in [4.78, 5) is 10.8. The van der Waals surface area contributed by atoms with Crippen molar-refractivity contribution in [1.29, 1.82) is 0 Å². The normalized spacial score (nSPS) is 30.5. The fraction of sp³-hybridized carbons (Fsp3) is 0.900. The summed E-state index contributed by atoms with van der Waals surface area (Å²) in [5.41, 5.74) is 0. The van der Waals surface area contributed by atoms with Crippen molar-refractivity contribution in [2.24, 2.45) is 0 Å². The van der Waals surface area contributed by atoms with Crippen LogP contribution in [0.3, 0.4) is 0 Å². The number of hydrogen-bond acceptors (Lipinski definition) is 5. The molecule has 0 saturated carbocycles. The third kappa shape index (κ3) is 4.25. The lowest BCUT2D eigenvalue weighted by Crippen LogP contribution is -2.19. The predicted molar refractivity (Wildman–Crippen MR) is 65.5 cm³/mol. The van der Waals surface area contributed by atoms with Gasteiger partial charge in [-0.3, -0.25) is 4.79 Å². The van der Waals surface area contributed by atoms with Crippen molar-refractivity contribution >= 4 is 30.4 Å². The molecule has 0 aromatic rings. The van der Waals surface area contributed by atoms with Gasteiger partial charge in [0.1, 0.15) is 4.93 Å². The van der Waals surface area contributed by atoms with Gasteiger partial charge < -0.3 is 9.47 Å². The average molecular weight is 250 g/mol. The van der Waals surface area contributed by atoms with Crippen molar-refractivity contribution in [3.05, 3.63) is 0 Å². The molecule has 2 atom stereocenters. The molecule has 1 aliphatic heterocycles. The van der Waals surface area contributed by atoms with Gasteiger partial charge in [-0.1, -0.05) is 0 Å². The zero-order chi connectivity index (χ0) is 11.3. The molecule has 1 heterocycles. The van der Waals surface area contributed by atoms with Crippen molar-refractivity contribution in [2.75, 3.05) is 19.5 Å². The first-order valence-corrected chi connectivity index (χ1v) is 6.60. The van der Waals surface area contributed by atoms with Gasteiger partial charge >= 0.3 is 5.97 Å². The monoisotopic (exact) mass is 250 g/mol. The Hall–Kier alpha value is 0.130. The van der Waals surface area contributed by atoms with Gasteiger partial charge in [-0.2, -0.15) is 12.6 Å². The third-order valence-corrected chi connectivity index (χ3v) is 4.58. The summed E-state index contributed by atoms with van der Waals surface area (Å²) in [6, 6.07) is 0. The van der Waals surface area contributed by atoms with E-state index >= 15 is 0 Å². The minimum Gasteiger partial charge on any atom is -0.469 e. The zero-order valence-corrected chi connectivity index (χ0v) is 10.9. The fourth-order valence-corrected chi connectivity index (χ4v) is 3.21. The maximum absolute atomic E-state index is 10.9. The van der Waals surface area contributed by atoms with Crippen LogP contribution in [0.5, 0.6) is 0 Å². The van der Waals surface area contributed by atoms with Gasteiger partial charge in [0, 0.05) is 17.4 Å². The minimum absolute atomic E-state index is 0.137. The summed E-state index contributed by atoms with van der Waals surface area (Å²) in [7, 11) is 1.42. The van der Waals surface area contributed by atoms with Crippen molar-refractivity contribution in [3.8, 4) is 0 Å². The standard InChI is InChI=1S/C10H18O3S2/c1-10(5-3-4-9(11)12-2)13-6-8(7-14)15-10/h8,14H,3-7H2,1-2H3. The molecule has 5 heteroatoms. The lowest BCUT2D eigenvalue weighted by Gasteiger charge is -2.22. The first kappa shape index (κ1) is 13.2. The highest BCUT2D eigenvalue weighted by atomic mass is 32.2. The van der Waals surface area contributed by atoms with E-state index in [0.29, 0.717) is 11.7 Å². The topological polar surface area (TPSA) is 35.5 Å². The summed E-state index contributed by atoms with van der Waals surface area (Å²) in [6.45, 7) is 2.85. The number of ether oxygens (including phenoxy) is 2. The Morgan fingerprint density at radius 2 is 2.47 bits per heavy atom. The van der Waals surface area contributed by atoms with E-state index < -0.39 is 0 Å². The maximum atomic E-state index is 10.9. The molecule has 0 radical (unpaired) electrons. The summed E-state index contributed by atoms with van der Waals surface area (Å²) in [5, 5.41) is 0.483. The van der Waals surface area contributed by atoms with Gasteiger partial charge in [-0.05, 0) is 19.8 Å². The smallest absolute Gasteiger partial charge is 0.305 e. The molecule has 2 unspecified atom stereocenters. The van der Waals surface area contributed by atoms with Crippen LogP contribution in [0.15, 0.2) is 0 Å². The highest BCUT2D eigenvalue weighted by Gasteiger charge is 2.35. The third-order valence-electron chi connectivity index (χ3n) is 2.43. The molecule has 0 aliphatic carbocycles. The number of rotatable bonds is 5. The summed E-state index contributed by atoms with van der Waals surface area (Å²) < 4.78 is 10.3. The number of methoxy groups -OCH3 is 1. The van der Waals surface area contributed by atoms with Crippen LogP contribution < -0.4 is 0 Å². The van der Waals surface area contributed by atoms with Gasteiger partial charge in [-0.15, -0.1) is 11.8 Å². The van der Waals surface area contributed by atoms with E-state index in [1.807, 2.05) is 11.8 Å². The van der Waals surface area contributed by atoms with E-state index in [1.165, 1.54) is 7.11 Å². The molecule has 1 saturated heterocycles. The van der Waals surface area contributed by atoms with Crippen molar-refractivity contribution in [1.82, 2.24) is 0 Å². The molecule has 0 aromatic heterocycles. The average Bonchev–Trinajstić information content (AvgIpc) is 2.60. The Morgan fingerprint density at radius 1 is 1.73 bits per heavy atom. The molecule has 0 bridgehead atoms. The lowest BCUT2D eigenvalue weighted by molar-refractivity contribution is -0.140. The molecular weight excluding hydrogens is 232 g/mol. The second kappa shape index (κ2) is 6.01. The van der Waals surface area contributed by atoms with E-state index in [1.54, 1.807) is 0 Å². The number of carbonyl (C=O) groups excluding carboxylic acids is 1. The molecule has 1 rings (SSSR count). The number of esters is 1. The number of thioether (sulfide) groups is 1. The molecule has 3 nitrogen and oxygen atoms in total. The second-order valence-electron chi connectivity index (χ2n) is 3.80. The van der Waals surface area contributed by atoms with Crippen molar-refractivity contribution < 1.29 is 14.3 Å². The fourth-order valence-electron chi connectivity index (χ4n) is 1.57. The lowest BCUT2D eigenvalue weighted by atomic mass is 10.1. The van der Waals surface area contributed by atoms with Crippen LogP contribution in [0.25, 0.3) is 0 Å². The molecule has 15 heavy (non-hydrogen) atoms. The Labute approximate surface area is 101 Å². The molecule has 0 N–H and O–H groups in total. The molecule has 0 amide bonds. The van der Waals surface area contributed by atoms with E-state index in [9.17, 15) is 4.79 Å². The molecule has 0 aromatic carbocycles. The summed E-state index contributed by atoms with van der Waals surface area (Å²) in [5.74, 6) is 0.699. The molecular formula is C10H18O3S2. The first-order valence-electron chi connectivity index (χ1n) is 5.09. The van der Waals surface area contributed by atoms with Crippen LogP contribution in [-0.2, 0) is 14.3 Å². The minimum atomic E-state index is -0.146. The van der Waals surface area contributed by atoms with Crippen LogP contribution in [0, 0.1) is 0 Å². The highest BCUT2D eigenvalue weighted by Crippen LogP contribution is 2.41. The van der Waals surface area contributed by atoms with E-state index in [-0.39, 0.29) is 10.9 Å². The van der Waals surface area contributed by atoms with E-state index in [0.717, 1.165) is 25.2 Å². The van der Waals surface area contributed by atoms with Gasteiger partial charge in [0.15, 0.2) is 0 Å². The number of thiol groups is 1. The molecule has 88 valence electrons. The predicted octanol–water partition coefficient (Wildman–Crippen LogP) is 2.11. The van der Waals surface area contributed by atoms with Gasteiger partial charge in [-0.25, -0.2) is 0 Å². The van der Waals surface area contributed by atoms with Crippen LogP contribution >= 0.6 is 24.4 Å². The Kier molecular flexibility index (Phi) is 5.29. The Balaban J connectivity index is 2.23. The molecule has 1 fully saturated rings. The Bertz CT molecular complexity index is 223. The molecule has 1 aliphatic rings. The largest absolute Gasteiger partial charge is 0.469 e. The zero-order valence-electron chi connectivity index (χ0n) is 9.19. The SMILES string of the molecule is COC(=O)CCCC1(C)OCC(CS)S1.